The molecule has 8 aromatic rings. The number of halogens is 8. The maximum absolute atomic E-state index is 14.5. The number of rotatable bonds is 12. The van der Waals surface area contributed by atoms with Crippen molar-refractivity contribution in [2.45, 2.75) is 64.2 Å². The van der Waals surface area contributed by atoms with Crippen LogP contribution >= 0.6 is 0 Å². The van der Waals surface area contributed by atoms with Gasteiger partial charge in [-0.3, -0.25) is 19.4 Å². The molecule has 2 N–H and O–H groups in total. The summed E-state index contributed by atoms with van der Waals surface area (Å²) in [6.07, 6.45) is -7.29. The molecule has 0 bridgehead atoms. The molecule has 0 unspecified atom stereocenters. The number of amides is 2. The first-order chi connectivity index (χ1) is 39.1. The lowest BCUT2D eigenvalue weighted by Crippen LogP contribution is -2.55. The van der Waals surface area contributed by atoms with Crippen LogP contribution in [0.2, 0.25) is 0 Å². The molecule has 2 aliphatic heterocycles. The number of hydrogen-bond acceptors (Lipinski definition) is 12. The predicted octanol–water partition coefficient (Wildman–Crippen LogP) is 9.50. The van der Waals surface area contributed by atoms with E-state index in [-0.39, 0.29) is 83.3 Å². The van der Waals surface area contributed by atoms with Crippen LogP contribution in [-0.2, 0) is 12.4 Å². The van der Waals surface area contributed by atoms with Gasteiger partial charge in [-0.1, -0.05) is 36.4 Å². The van der Waals surface area contributed by atoms with Crippen LogP contribution in [0.1, 0.15) is 80.3 Å². The lowest BCUT2D eigenvalue weighted by molar-refractivity contribution is -0.144. The van der Waals surface area contributed by atoms with E-state index < -0.39 is 59.3 Å². The number of aliphatic hydroxyl groups is 2. The molecule has 0 spiro atoms. The summed E-state index contributed by atoms with van der Waals surface area (Å²) in [5.74, 6) is -0.810. The number of carbonyl (C=O) groups is 2. The van der Waals surface area contributed by atoms with Gasteiger partial charge in [0, 0.05) is 84.7 Å². The van der Waals surface area contributed by atoms with Crippen molar-refractivity contribution in [2.75, 3.05) is 66.7 Å². The van der Waals surface area contributed by atoms with E-state index in [9.17, 15) is 54.9 Å². The van der Waals surface area contributed by atoms with E-state index in [1.165, 1.54) is 40.2 Å². The van der Waals surface area contributed by atoms with Crippen LogP contribution in [0.15, 0.2) is 109 Å². The molecule has 2 aliphatic rings. The summed E-state index contributed by atoms with van der Waals surface area (Å²) in [7, 11) is 2.97. The molecule has 4 atom stereocenters. The Morgan fingerprint density at radius 1 is 0.573 bits per heavy atom. The normalized spacial score (nSPS) is 17.2. The molecular weight excluding hydrogens is 1080 g/mol. The number of alkyl halides is 6. The van der Waals surface area contributed by atoms with E-state index in [1.807, 2.05) is 9.80 Å². The molecule has 6 heterocycles. The second-order valence-electron chi connectivity index (χ2n) is 20.0. The Balaban J connectivity index is 0.000000198. The summed E-state index contributed by atoms with van der Waals surface area (Å²) in [6, 6.07) is 23.4. The Kier molecular flexibility index (Phi) is 17.0. The Morgan fingerprint density at radius 2 is 0.927 bits per heavy atom. The highest BCUT2D eigenvalue weighted by Gasteiger charge is 2.42. The summed E-state index contributed by atoms with van der Waals surface area (Å²) in [5, 5.41) is 28.0. The van der Waals surface area contributed by atoms with Crippen molar-refractivity contribution >= 4 is 23.1 Å². The highest BCUT2D eigenvalue weighted by Crippen LogP contribution is 2.40. The summed E-state index contributed by atoms with van der Waals surface area (Å²) >= 11 is 0. The van der Waals surface area contributed by atoms with Gasteiger partial charge in [0.2, 0.25) is 0 Å². The molecule has 2 fully saturated rings. The van der Waals surface area contributed by atoms with Gasteiger partial charge in [-0.15, -0.1) is 0 Å². The number of benzene rings is 4. The van der Waals surface area contributed by atoms with E-state index >= 15 is 0 Å². The van der Waals surface area contributed by atoms with E-state index in [1.54, 1.807) is 109 Å². The number of carbonyl (C=O) groups excluding carboxylic acids is 2. The zero-order valence-corrected chi connectivity index (χ0v) is 45.4. The fourth-order valence-corrected chi connectivity index (χ4v) is 10.9. The van der Waals surface area contributed by atoms with E-state index in [4.69, 9.17) is 9.47 Å². The Labute approximate surface area is 465 Å². The molecule has 432 valence electrons. The van der Waals surface area contributed by atoms with Crippen molar-refractivity contribution in [1.29, 1.82) is 0 Å². The number of aliphatic hydroxyl groups excluding tert-OH is 2. The van der Waals surface area contributed by atoms with Crippen LogP contribution in [0.4, 0.5) is 35.1 Å². The summed E-state index contributed by atoms with van der Waals surface area (Å²) in [4.78, 5) is 43.4. The van der Waals surface area contributed by atoms with E-state index in [0.717, 1.165) is 12.4 Å². The van der Waals surface area contributed by atoms with Crippen LogP contribution < -0.4 is 9.47 Å². The Morgan fingerprint density at radius 3 is 1.23 bits per heavy atom. The molecule has 4 aromatic heterocycles. The molecule has 10 rings (SSSR count). The highest BCUT2D eigenvalue weighted by molar-refractivity contribution is 6.01. The number of nitrogens with zero attached hydrogens (tertiary/aromatic N) is 10. The highest BCUT2D eigenvalue weighted by atomic mass is 19.4. The smallest absolute Gasteiger partial charge is 0.433 e. The van der Waals surface area contributed by atoms with Gasteiger partial charge in [-0.05, 0) is 88.4 Å². The Hall–Kier alpha value is -8.06. The fraction of sp³-hybridized carbons (Fsp3) is 0.345. The van der Waals surface area contributed by atoms with Gasteiger partial charge in [0.05, 0.1) is 63.3 Å². The maximum Gasteiger partial charge on any atom is 0.433 e. The van der Waals surface area contributed by atoms with Gasteiger partial charge >= 0.3 is 12.4 Å². The van der Waals surface area contributed by atoms with Gasteiger partial charge < -0.3 is 29.5 Å². The van der Waals surface area contributed by atoms with Gasteiger partial charge in [-0.25, -0.2) is 27.8 Å². The monoisotopic (exact) mass is 1140 g/mol. The van der Waals surface area contributed by atoms with Crippen LogP contribution in [-0.4, -0.2) is 150 Å². The fourth-order valence-electron chi connectivity index (χ4n) is 10.9. The predicted molar refractivity (Wildman–Crippen MR) is 286 cm³/mol. The topological polar surface area (TPSA) is 166 Å². The quantitative estimate of drug-likeness (QED) is 0.112. The molecule has 2 saturated heterocycles. The first-order valence-corrected chi connectivity index (χ1v) is 26.1. The minimum atomic E-state index is -4.76. The number of fused-ring (bicyclic) bond motifs is 2. The number of hydrogen-bond donors (Lipinski definition) is 2. The summed E-state index contributed by atoms with van der Waals surface area (Å²) < 4.78 is 126. The molecule has 16 nitrogen and oxygen atoms in total. The van der Waals surface area contributed by atoms with Gasteiger partial charge in [0.1, 0.15) is 34.3 Å². The lowest BCUT2D eigenvalue weighted by atomic mass is 10.0. The van der Waals surface area contributed by atoms with Crippen LogP contribution in [0.25, 0.3) is 33.8 Å². The van der Waals surface area contributed by atoms with Crippen LogP contribution in [0.3, 0.4) is 0 Å². The molecule has 0 saturated carbocycles. The summed E-state index contributed by atoms with van der Waals surface area (Å²) in [6.45, 7) is 7.35. The first-order valence-electron chi connectivity index (χ1n) is 26.1. The first kappa shape index (κ1) is 58.6. The molecule has 82 heavy (non-hydrogen) atoms. The molecule has 0 radical (unpaired) electrons. The second kappa shape index (κ2) is 23.8. The van der Waals surface area contributed by atoms with Crippen molar-refractivity contribution in [3.8, 4) is 34.0 Å². The third kappa shape index (κ3) is 11.4. The van der Waals surface area contributed by atoms with Crippen molar-refractivity contribution in [3.63, 3.8) is 0 Å². The van der Waals surface area contributed by atoms with Crippen molar-refractivity contribution in [3.05, 3.63) is 166 Å². The number of ether oxygens (including phenoxy) is 2. The third-order valence-corrected chi connectivity index (χ3v) is 15.1. The largest absolute Gasteiger partial charge is 0.497 e. The Bertz CT molecular complexity index is 3380. The average Bonchev–Trinajstić information content (AvgIpc) is 3.93. The number of methoxy groups -OCH3 is 2. The molecule has 2 amide bonds. The maximum atomic E-state index is 14.5. The standard InChI is InChI=1S/2C29H29F4N5O3/c2*1-17-15-36(24(16-39)21-6-4-5-7-23(21)30)12-13-37(17)28(40)22-14-34-38-26(29(31,32)33)18(2)25(35-27(22)38)19-8-10-20(41-3)11-9-19/h2*4-11,14,17,24,39H,12-13,15-16H2,1-3H3/t17-,24+;17-,24-/m11/s1. The third-order valence-electron chi connectivity index (χ3n) is 15.1. The zero-order chi connectivity index (χ0) is 58.9. The van der Waals surface area contributed by atoms with E-state index in [0.29, 0.717) is 69.0 Å². The second-order valence-corrected chi connectivity index (χ2v) is 20.0. The van der Waals surface area contributed by atoms with Gasteiger partial charge in [0.25, 0.3) is 11.8 Å². The molecule has 24 heteroatoms. The molecular formula is C58H58F8N10O6. The van der Waals surface area contributed by atoms with E-state index in [2.05, 4.69) is 20.2 Å². The summed E-state index contributed by atoms with van der Waals surface area (Å²) in [5.41, 5.74) is -1.05. The van der Waals surface area contributed by atoms with Gasteiger partial charge in [0.15, 0.2) is 22.7 Å². The minimum Gasteiger partial charge on any atom is -0.497 e. The number of piperazine rings is 2. The van der Waals surface area contributed by atoms with Gasteiger partial charge in [-0.2, -0.15) is 36.5 Å². The minimum absolute atomic E-state index is 0.0571. The van der Waals surface area contributed by atoms with Crippen LogP contribution in [0.5, 0.6) is 11.5 Å². The number of aromatic nitrogens is 6. The zero-order valence-electron chi connectivity index (χ0n) is 45.4. The molecule has 0 aliphatic carbocycles. The SMILES string of the molecule is COc1ccc(-c2nc3c(C(=O)N4CCN([C@@H](CO)c5ccccc5F)C[C@H]4C)cnn3c(C(F)(F)F)c2C)cc1.COc1ccc(-c2nc3c(C(=O)N4CCN([C@H](CO)c5ccccc5F)C[C@H]4C)cnn3c(C(F)(F)F)c2C)cc1. The average molecular weight is 1140 g/mol. The van der Waals surface area contributed by atoms with Crippen molar-refractivity contribution in [2.24, 2.45) is 0 Å². The van der Waals surface area contributed by atoms with Crippen LogP contribution in [0, 0.1) is 25.5 Å². The van der Waals surface area contributed by atoms with Crippen molar-refractivity contribution < 1.29 is 64.4 Å². The molecule has 4 aromatic carbocycles. The van der Waals surface area contributed by atoms with Crippen molar-refractivity contribution in [1.82, 2.24) is 48.8 Å². The lowest BCUT2D eigenvalue weighted by Gasteiger charge is -2.43.